The highest BCUT2D eigenvalue weighted by molar-refractivity contribution is 7.89. The molecule has 166 valence electrons. The molecule has 1 aliphatic rings. The molecular formula is C21H24ClN3O5S. The van der Waals surface area contributed by atoms with Crippen molar-refractivity contribution in [1.29, 1.82) is 0 Å². The van der Waals surface area contributed by atoms with Crippen molar-refractivity contribution < 1.29 is 18.1 Å². The zero-order valence-corrected chi connectivity index (χ0v) is 18.5. The molecule has 1 N–H and O–H groups in total. The van der Waals surface area contributed by atoms with Crippen LogP contribution in [0.4, 0.5) is 5.69 Å². The van der Waals surface area contributed by atoms with E-state index in [9.17, 15) is 23.3 Å². The highest BCUT2D eigenvalue weighted by atomic mass is 35.5. The van der Waals surface area contributed by atoms with Crippen molar-refractivity contribution in [3.63, 3.8) is 0 Å². The maximum absolute atomic E-state index is 12.8. The predicted molar refractivity (Wildman–Crippen MR) is 118 cm³/mol. The van der Waals surface area contributed by atoms with Crippen LogP contribution < -0.4 is 5.32 Å². The van der Waals surface area contributed by atoms with Gasteiger partial charge in [0.05, 0.1) is 9.82 Å². The summed E-state index contributed by atoms with van der Waals surface area (Å²) in [6.45, 7) is 1.41. The van der Waals surface area contributed by atoms with Gasteiger partial charge in [-0.15, -0.1) is 0 Å². The van der Waals surface area contributed by atoms with Gasteiger partial charge in [-0.05, 0) is 49.1 Å². The van der Waals surface area contributed by atoms with Gasteiger partial charge in [0.25, 0.3) is 11.6 Å². The molecule has 2 aromatic rings. The van der Waals surface area contributed by atoms with E-state index in [1.54, 1.807) is 28.6 Å². The molecule has 0 spiro atoms. The Kier molecular flexibility index (Phi) is 7.64. The van der Waals surface area contributed by atoms with Gasteiger partial charge < -0.3 is 5.32 Å². The SMILES string of the molecule is O=C(NCCc1ccc(S(=O)(=O)N2CCCCCC2)cc1)c1ccc(Cl)c([N+](=O)[O-])c1. The summed E-state index contributed by atoms with van der Waals surface area (Å²) in [6.07, 6.45) is 4.37. The molecule has 0 aromatic heterocycles. The molecule has 10 heteroatoms. The molecule has 0 radical (unpaired) electrons. The first-order valence-electron chi connectivity index (χ1n) is 10.1. The van der Waals surface area contributed by atoms with Crippen molar-refractivity contribution in [2.45, 2.75) is 37.0 Å². The molecule has 1 heterocycles. The number of nitrogens with zero attached hydrogens (tertiary/aromatic N) is 2. The Bertz CT molecular complexity index is 1050. The summed E-state index contributed by atoms with van der Waals surface area (Å²) >= 11 is 5.76. The zero-order chi connectivity index (χ0) is 22.4. The lowest BCUT2D eigenvalue weighted by Crippen LogP contribution is -2.31. The Hall–Kier alpha value is -2.49. The average molecular weight is 466 g/mol. The van der Waals surface area contributed by atoms with Crippen LogP contribution in [0.1, 0.15) is 41.6 Å². The van der Waals surface area contributed by atoms with Crippen LogP contribution in [-0.2, 0) is 16.4 Å². The van der Waals surface area contributed by atoms with Gasteiger partial charge >= 0.3 is 0 Å². The molecule has 0 unspecified atom stereocenters. The smallest absolute Gasteiger partial charge is 0.288 e. The third kappa shape index (κ3) is 5.81. The lowest BCUT2D eigenvalue weighted by atomic mass is 10.1. The summed E-state index contributed by atoms with van der Waals surface area (Å²) in [5.41, 5.74) is 0.697. The number of nitro benzene ring substituents is 1. The second-order valence-corrected chi connectivity index (χ2v) is 9.74. The normalized spacial score (nSPS) is 15.3. The summed E-state index contributed by atoms with van der Waals surface area (Å²) in [5.74, 6) is -0.444. The predicted octanol–water partition coefficient (Wildman–Crippen LogP) is 3.79. The second kappa shape index (κ2) is 10.2. The number of nitro groups is 1. The van der Waals surface area contributed by atoms with E-state index in [1.807, 2.05) is 0 Å². The summed E-state index contributed by atoms with van der Waals surface area (Å²) in [6, 6.07) is 10.6. The van der Waals surface area contributed by atoms with Gasteiger partial charge in [0, 0.05) is 31.3 Å². The highest BCUT2D eigenvalue weighted by Gasteiger charge is 2.24. The van der Waals surface area contributed by atoms with Crippen LogP contribution in [0.25, 0.3) is 0 Å². The first-order valence-corrected chi connectivity index (χ1v) is 11.9. The minimum Gasteiger partial charge on any atom is -0.352 e. The van der Waals surface area contributed by atoms with Gasteiger partial charge in [-0.2, -0.15) is 4.31 Å². The minimum absolute atomic E-state index is 0.0308. The summed E-state index contributed by atoms with van der Waals surface area (Å²) in [4.78, 5) is 22.8. The quantitative estimate of drug-likeness (QED) is 0.494. The van der Waals surface area contributed by atoms with Crippen LogP contribution in [-0.4, -0.2) is 43.2 Å². The van der Waals surface area contributed by atoms with E-state index in [0.29, 0.717) is 26.1 Å². The molecule has 0 atom stereocenters. The maximum Gasteiger partial charge on any atom is 0.288 e. The molecule has 3 rings (SSSR count). The lowest BCUT2D eigenvalue weighted by Gasteiger charge is -2.20. The fraction of sp³-hybridized carbons (Fsp3) is 0.381. The Balaban J connectivity index is 1.57. The molecule has 1 fully saturated rings. The van der Waals surface area contributed by atoms with Gasteiger partial charge in [0.15, 0.2) is 0 Å². The first-order chi connectivity index (χ1) is 14.8. The highest BCUT2D eigenvalue weighted by Crippen LogP contribution is 2.25. The number of hydrogen-bond donors (Lipinski definition) is 1. The van der Waals surface area contributed by atoms with E-state index in [2.05, 4.69) is 5.32 Å². The molecule has 2 aromatic carbocycles. The van der Waals surface area contributed by atoms with Gasteiger partial charge in [-0.3, -0.25) is 14.9 Å². The summed E-state index contributed by atoms with van der Waals surface area (Å²) < 4.78 is 27.2. The van der Waals surface area contributed by atoms with Gasteiger partial charge in [0.2, 0.25) is 10.0 Å². The molecule has 0 bridgehead atoms. The van der Waals surface area contributed by atoms with E-state index < -0.39 is 20.9 Å². The number of sulfonamides is 1. The number of rotatable bonds is 7. The van der Waals surface area contributed by atoms with Crippen molar-refractivity contribution in [2.24, 2.45) is 0 Å². The van der Waals surface area contributed by atoms with Crippen LogP contribution >= 0.6 is 11.6 Å². The lowest BCUT2D eigenvalue weighted by molar-refractivity contribution is -0.384. The monoisotopic (exact) mass is 465 g/mol. The zero-order valence-electron chi connectivity index (χ0n) is 16.9. The van der Waals surface area contributed by atoms with Crippen LogP contribution in [0, 0.1) is 10.1 Å². The van der Waals surface area contributed by atoms with E-state index >= 15 is 0 Å². The molecule has 1 amide bonds. The van der Waals surface area contributed by atoms with Crippen LogP contribution in [0.2, 0.25) is 5.02 Å². The Labute approximate surface area is 186 Å². The van der Waals surface area contributed by atoms with Gasteiger partial charge in [-0.1, -0.05) is 36.6 Å². The van der Waals surface area contributed by atoms with Gasteiger partial charge in [0.1, 0.15) is 5.02 Å². The second-order valence-electron chi connectivity index (χ2n) is 7.39. The van der Waals surface area contributed by atoms with Crippen molar-refractivity contribution in [2.75, 3.05) is 19.6 Å². The number of amides is 1. The molecule has 1 aliphatic heterocycles. The largest absolute Gasteiger partial charge is 0.352 e. The average Bonchev–Trinajstić information content (AvgIpc) is 3.04. The molecule has 1 saturated heterocycles. The number of hydrogen-bond acceptors (Lipinski definition) is 5. The number of carbonyl (C=O) groups is 1. The Morgan fingerprint density at radius 1 is 1.06 bits per heavy atom. The van der Waals surface area contributed by atoms with Crippen molar-refractivity contribution in [3.8, 4) is 0 Å². The number of nitrogens with one attached hydrogen (secondary N) is 1. The van der Waals surface area contributed by atoms with E-state index in [4.69, 9.17) is 11.6 Å². The van der Waals surface area contributed by atoms with Crippen LogP contribution in [0.3, 0.4) is 0 Å². The van der Waals surface area contributed by atoms with E-state index in [1.165, 1.54) is 12.1 Å². The minimum atomic E-state index is -3.49. The number of halogens is 1. The molecule has 31 heavy (non-hydrogen) atoms. The summed E-state index contributed by atoms with van der Waals surface area (Å²) in [7, 11) is -3.49. The topological polar surface area (TPSA) is 110 Å². The summed E-state index contributed by atoms with van der Waals surface area (Å²) in [5, 5.41) is 13.6. The first kappa shape index (κ1) is 23.2. The van der Waals surface area contributed by atoms with Crippen LogP contribution in [0.5, 0.6) is 0 Å². The fourth-order valence-corrected chi connectivity index (χ4v) is 5.18. The molecule has 0 aliphatic carbocycles. The van der Waals surface area contributed by atoms with E-state index in [-0.39, 0.29) is 21.2 Å². The fourth-order valence-electron chi connectivity index (χ4n) is 3.48. The number of benzene rings is 2. The molecule has 0 saturated carbocycles. The van der Waals surface area contributed by atoms with Crippen molar-refractivity contribution in [1.82, 2.24) is 9.62 Å². The molecule has 8 nitrogen and oxygen atoms in total. The van der Waals surface area contributed by atoms with Crippen molar-refractivity contribution >= 4 is 33.2 Å². The maximum atomic E-state index is 12.8. The molecular weight excluding hydrogens is 442 g/mol. The van der Waals surface area contributed by atoms with E-state index in [0.717, 1.165) is 37.3 Å². The standard InChI is InChI=1S/C21H24ClN3O5S/c22-19-10-7-17(15-20(19)25(27)28)21(26)23-12-11-16-5-8-18(9-6-16)31(29,30)24-13-3-1-2-4-14-24/h5-10,15H,1-4,11-14H2,(H,23,26). The van der Waals surface area contributed by atoms with Gasteiger partial charge in [-0.25, -0.2) is 8.42 Å². The number of carbonyl (C=O) groups excluding carboxylic acids is 1. The van der Waals surface area contributed by atoms with Crippen LogP contribution in [0.15, 0.2) is 47.4 Å². The third-order valence-electron chi connectivity index (χ3n) is 5.23. The Morgan fingerprint density at radius 3 is 2.32 bits per heavy atom. The third-order valence-corrected chi connectivity index (χ3v) is 7.46. The van der Waals surface area contributed by atoms with Crippen molar-refractivity contribution in [3.05, 3.63) is 68.7 Å². The Morgan fingerprint density at radius 2 is 1.71 bits per heavy atom.